The lowest BCUT2D eigenvalue weighted by atomic mass is 10.1. The largest absolute Gasteiger partial charge is 0.356 e. The van der Waals surface area contributed by atoms with E-state index in [9.17, 15) is 9.59 Å². The van der Waals surface area contributed by atoms with Crippen molar-refractivity contribution in [2.75, 3.05) is 26.7 Å². The summed E-state index contributed by atoms with van der Waals surface area (Å²) in [6.45, 7) is 6.90. The van der Waals surface area contributed by atoms with Gasteiger partial charge in [0.2, 0.25) is 11.8 Å². The summed E-state index contributed by atoms with van der Waals surface area (Å²) in [6, 6.07) is 0.338. The van der Waals surface area contributed by atoms with Crippen molar-refractivity contribution >= 4 is 11.8 Å². The Hall–Kier alpha value is -1.10. The third kappa shape index (κ3) is 8.05. The second-order valence-corrected chi connectivity index (χ2v) is 6.31. The van der Waals surface area contributed by atoms with Crippen LogP contribution in [0.2, 0.25) is 0 Å². The normalized spacial score (nSPS) is 17.0. The molecule has 1 saturated carbocycles. The second-order valence-electron chi connectivity index (χ2n) is 6.31. The highest BCUT2D eigenvalue weighted by Crippen LogP contribution is 2.17. The van der Waals surface area contributed by atoms with Gasteiger partial charge in [0, 0.05) is 32.0 Å². The Morgan fingerprint density at radius 1 is 1.19 bits per heavy atom. The number of rotatable bonds is 9. The molecule has 1 rings (SSSR count). The molecule has 1 atom stereocenters. The van der Waals surface area contributed by atoms with Gasteiger partial charge in [-0.15, -0.1) is 0 Å². The summed E-state index contributed by atoms with van der Waals surface area (Å²) in [5.74, 6) is 0.407. The van der Waals surface area contributed by atoms with E-state index in [4.69, 9.17) is 0 Å². The van der Waals surface area contributed by atoms with E-state index in [-0.39, 0.29) is 18.2 Å². The third-order valence-corrected chi connectivity index (χ3v) is 4.11. The molecule has 0 heterocycles. The molecule has 0 saturated heterocycles. The first kappa shape index (κ1) is 18.0. The second kappa shape index (κ2) is 9.77. The van der Waals surface area contributed by atoms with Crippen molar-refractivity contribution in [1.29, 1.82) is 0 Å². The highest BCUT2D eigenvalue weighted by molar-refractivity contribution is 5.83. The van der Waals surface area contributed by atoms with Gasteiger partial charge in [0.15, 0.2) is 0 Å². The van der Waals surface area contributed by atoms with Gasteiger partial charge in [-0.25, -0.2) is 0 Å². The summed E-state index contributed by atoms with van der Waals surface area (Å²) in [6.07, 6.45) is 5.16. The monoisotopic (exact) mass is 297 g/mol. The van der Waals surface area contributed by atoms with Gasteiger partial charge in [-0.1, -0.05) is 26.7 Å². The quantitative estimate of drug-likeness (QED) is 0.678. The number of hydrogen-bond acceptors (Lipinski definition) is 3. The fourth-order valence-electron chi connectivity index (χ4n) is 2.70. The molecule has 0 radical (unpaired) electrons. The highest BCUT2D eigenvalue weighted by Gasteiger charge is 2.17. The van der Waals surface area contributed by atoms with Crippen molar-refractivity contribution in [2.24, 2.45) is 5.92 Å². The van der Waals surface area contributed by atoms with Crippen LogP contribution in [0.4, 0.5) is 0 Å². The fraction of sp³-hybridized carbons (Fsp3) is 0.875. The summed E-state index contributed by atoms with van der Waals surface area (Å²) < 4.78 is 0. The molecule has 2 amide bonds. The van der Waals surface area contributed by atoms with Crippen LogP contribution in [0.1, 0.15) is 52.4 Å². The van der Waals surface area contributed by atoms with E-state index in [1.165, 1.54) is 12.8 Å². The fourth-order valence-corrected chi connectivity index (χ4v) is 2.70. The lowest BCUT2D eigenvalue weighted by Gasteiger charge is -2.19. The molecule has 1 aliphatic carbocycles. The molecular weight excluding hydrogens is 266 g/mol. The molecule has 5 nitrogen and oxygen atoms in total. The molecule has 1 fully saturated rings. The van der Waals surface area contributed by atoms with Gasteiger partial charge in [0.1, 0.15) is 0 Å². The Balaban J connectivity index is 2.08. The lowest BCUT2D eigenvalue weighted by Crippen LogP contribution is -2.36. The molecule has 0 aromatic carbocycles. The van der Waals surface area contributed by atoms with Crippen LogP contribution in [0.5, 0.6) is 0 Å². The van der Waals surface area contributed by atoms with E-state index in [1.54, 1.807) is 0 Å². The zero-order valence-corrected chi connectivity index (χ0v) is 13.8. The van der Waals surface area contributed by atoms with Gasteiger partial charge >= 0.3 is 0 Å². The van der Waals surface area contributed by atoms with Crippen LogP contribution in [0.3, 0.4) is 0 Å². The SMILES string of the molecule is CCN(C)CC(C)CNC(=O)CCC(=O)NC1CCCC1. The molecule has 0 aromatic rings. The summed E-state index contributed by atoms with van der Waals surface area (Å²) in [7, 11) is 2.08. The van der Waals surface area contributed by atoms with Crippen molar-refractivity contribution in [2.45, 2.75) is 58.4 Å². The minimum Gasteiger partial charge on any atom is -0.356 e. The van der Waals surface area contributed by atoms with Crippen molar-refractivity contribution < 1.29 is 9.59 Å². The molecule has 1 unspecified atom stereocenters. The van der Waals surface area contributed by atoms with E-state index < -0.39 is 0 Å². The van der Waals surface area contributed by atoms with Crippen LogP contribution >= 0.6 is 0 Å². The Bertz CT molecular complexity index is 327. The zero-order chi connectivity index (χ0) is 15.7. The first-order chi connectivity index (χ1) is 10.0. The topological polar surface area (TPSA) is 61.4 Å². The van der Waals surface area contributed by atoms with Crippen molar-refractivity contribution in [3.8, 4) is 0 Å². The molecule has 21 heavy (non-hydrogen) atoms. The number of nitrogens with one attached hydrogen (secondary N) is 2. The number of carbonyl (C=O) groups excluding carboxylic acids is 2. The third-order valence-electron chi connectivity index (χ3n) is 4.11. The number of carbonyl (C=O) groups is 2. The Labute approximate surface area is 128 Å². The van der Waals surface area contributed by atoms with Gasteiger partial charge in [-0.3, -0.25) is 9.59 Å². The Morgan fingerprint density at radius 3 is 2.43 bits per heavy atom. The van der Waals surface area contributed by atoms with Gasteiger partial charge < -0.3 is 15.5 Å². The Morgan fingerprint density at radius 2 is 1.81 bits per heavy atom. The maximum atomic E-state index is 11.7. The first-order valence-electron chi connectivity index (χ1n) is 8.25. The van der Waals surface area contributed by atoms with E-state index in [2.05, 4.69) is 36.4 Å². The molecule has 2 N–H and O–H groups in total. The minimum absolute atomic E-state index is 0.0100. The predicted octanol–water partition coefficient (Wildman–Crippen LogP) is 1.53. The van der Waals surface area contributed by atoms with Crippen molar-refractivity contribution in [3.63, 3.8) is 0 Å². The van der Waals surface area contributed by atoms with E-state index in [0.29, 0.717) is 24.9 Å². The van der Waals surface area contributed by atoms with E-state index in [1.807, 2.05) is 0 Å². The van der Waals surface area contributed by atoms with Crippen LogP contribution in [0.15, 0.2) is 0 Å². The Kier molecular flexibility index (Phi) is 8.35. The average Bonchev–Trinajstić information content (AvgIpc) is 2.95. The van der Waals surface area contributed by atoms with Gasteiger partial charge in [-0.2, -0.15) is 0 Å². The molecule has 0 spiro atoms. The molecule has 0 bridgehead atoms. The van der Waals surface area contributed by atoms with E-state index in [0.717, 1.165) is 25.9 Å². The maximum absolute atomic E-state index is 11.7. The zero-order valence-electron chi connectivity index (χ0n) is 13.8. The molecule has 122 valence electrons. The lowest BCUT2D eigenvalue weighted by molar-refractivity contribution is -0.126. The molecule has 0 aromatic heterocycles. The summed E-state index contributed by atoms with van der Waals surface area (Å²) in [4.78, 5) is 25.7. The number of nitrogens with zero attached hydrogens (tertiary/aromatic N) is 1. The molecule has 1 aliphatic rings. The summed E-state index contributed by atoms with van der Waals surface area (Å²) in [5, 5.41) is 5.92. The number of amides is 2. The standard InChI is InChI=1S/C16H31N3O2/c1-4-19(3)12-13(2)11-17-15(20)9-10-16(21)18-14-7-5-6-8-14/h13-14H,4-12H2,1-3H3,(H,17,20)(H,18,21). The molecule has 5 heteroatoms. The van der Waals surface area contributed by atoms with Crippen LogP contribution in [0, 0.1) is 5.92 Å². The predicted molar refractivity (Wildman–Crippen MR) is 85.0 cm³/mol. The first-order valence-corrected chi connectivity index (χ1v) is 8.25. The number of hydrogen-bond donors (Lipinski definition) is 2. The van der Waals surface area contributed by atoms with Gasteiger partial charge in [0.05, 0.1) is 0 Å². The van der Waals surface area contributed by atoms with Gasteiger partial charge in [0.25, 0.3) is 0 Å². The summed E-state index contributed by atoms with van der Waals surface area (Å²) >= 11 is 0. The maximum Gasteiger partial charge on any atom is 0.220 e. The van der Waals surface area contributed by atoms with Gasteiger partial charge in [-0.05, 0) is 32.4 Å². The smallest absolute Gasteiger partial charge is 0.220 e. The minimum atomic E-state index is -0.0254. The van der Waals surface area contributed by atoms with Crippen LogP contribution < -0.4 is 10.6 Å². The summed E-state index contributed by atoms with van der Waals surface area (Å²) in [5.41, 5.74) is 0. The highest BCUT2D eigenvalue weighted by atomic mass is 16.2. The average molecular weight is 297 g/mol. The van der Waals surface area contributed by atoms with Crippen LogP contribution in [-0.4, -0.2) is 49.4 Å². The van der Waals surface area contributed by atoms with Crippen LogP contribution in [-0.2, 0) is 9.59 Å². The van der Waals surface area contributed by atoms with Crippen LogP contribution in [0.25, 0.3) is 0 Å². The van der Waals surface area contributed by atoms with Crippen molar-refractivity contribution in [3.05, 3.63) is 0 Å². The molecule has 0 aliphatic heterocycles. The van der Waals surface area contributed by atoms with E-state index >= 15 is 0 Å². The molecular formula is C16H31N3O2. The van der Waals surface area contributed by atoms with Crippen molar-refractivity contribution in [1.82, 2.24) is 15.5 Å².